The number of carbonyl (C=O) groups excluding carboxylic acids is 1. The van der Waals surface area contributed by atoms with E-state index in [-0.39, 0.29) is 22.3 Å². The molecule has 0 saturated heterocycles. The van der Waals surface area contributed by atoms with E-state index in [1.807, 2.05) is 0 Å². The predicted molar refractivity (Wildman–Crippen MR) is 108 cm³/mol. The van der Waals surface area contributed by atoms with Crippen LogP contribution in [0.15, 0.2) is 58.8 Å². The van der Waals surface area contributed by atoms with Crippen LogP contribution >= 0.6 is 11.6 Å². The summed E-state index contributed by atoms with van der Waals surface area (Å²) < 4.78 is 26.6. The van der Waals surface area contributed by atoms with Crippen molar-refractivity contribution in [1.29, 1.82) is 0 Å². The highest BCUT2D eigenvalue weighted by Crippen LogP contribution is 2.37. The van der Waals surface area contributed by atoms with Crippen LogP contribution < -0.4 is 4.31 Å². The fraction of sp³-hybridized carbons (Fsp3) is 0.167. The Labute approximate surface area is 166 Å². The van der Waals surface area contributed by atoms with Gasteiger partial charge in [0.15, 0.2) is 5.69 Å². The van der Waals surface area contributed by atoms with Crippen molar-refractivity contribution < 1.29 is 18.3 Å². The Morgan fingerprint density at radius 3 is 2.50 bits per heavy atom. The first-order valence-electron chi connectivity index (χ1n) is 8.13. The maximum Gasteiger partial charge on any atom is 0.285 e. The zero-order valence-corrected chi connectivity index (χ0v) is 16.6. The second-order valence-electron chi connectivity index (χ2n) is 6.06. The fourth-order valence-corrected chi connectivity index (χ4v) is 3.90. The second kappa shape index (κ2) is 7.61. The molecule has 1 aromatic heterocycles. The summed E-state index contributed by atoms with van der Waals surface area (Å²) in [4.78, 5) is 12.3. The van der Waals surface area contributed by atoms with E-state index in [2.05, 4.69) is 10.2 Å². The monoisotopic (exact) mass is 420 g/mol. The van der Waals surface area contributed by atoms with Crippen LogP contribution in [0.3, 0.4) is 0 Å². The SMILES string of the molecule is Cn1c(O)c(N=NC(=O)CN(c2ccccc2Cl)S(C)(=O)=O)c2ccccc21. The number of rotatable bonds is 5. The fourth-order valence-electron chi connectivity index (χ4n) is 2.75. The molecule has 0 aliphatic carbocycles. The Kier molecular flexibility index (Phi) is 5.39. The van der Waals surface area contributed by atoms with Crippen LogP contribution in [0.2, 0.25) is 5.02 Å². The molecule has 0 radical (unpaired) electrons. The molecular formula is C18H17ClN4O4S. The standard InChI is InChI=1S/C18H17ClN4O4S/c1-22-14-9-5-3-7-12(14)17(18(22)25)21-20-16(24)11-23(28(2,26)27)15-10-6-4-8-13(15)19/h3-10,25H,11H2,1-2H3. The third-order valence-corrected chi connectivity index (χ3v) is 5.56. The van der Waals surface area contributed by atoms with E-state index in [1.54, 1.807) is 43.4 Å². The lowest BCUT2D eigenvalue weighted by Gasteiger charge is -2.21. The minimum Gasteiger partial charge on any atom is -0.493 e. The van der Waals surface area contributed by atoms with Gasteiger partial charge in [-0.2, -0.15) is 0 Å². The van der Waals surface area contributed by atoms with Crippen molar-refractivity contribution in [3.05, 3.63) is 53.6 Å². The molecule has 0 aliphatic heterocycles. The highest BCUT2D eigenvalue weighted by molar-refractivity contribution is 7.92. The maximum atomic E-state index is 12.3. The lowest BCUT2D eigenvalue weighted by Crippen LogP contribution is -2.34. The van der Waals surface area contributed by atoms with Crippen LogP contribution in [0.1, 0.15) is 0 Å². The van der Waals surface area contributed by atoms with E-state index in [0.717, 1.165) is 16.1 Å². The number of carbonyl (C=O) groups is 1. The molecule has 10 heteroatoms. The molecule has 8 nitrogen and oxygen atoms in total. The average molecular weight is 421 g/mol. The van der Waals surface area contributed by atoms with Crippen molar-refractivity contribution in [2.75, 3.05) is 17.1 Å². The van der Waals surface area contributed by atoms with E-state index in [0.29, 0.717) is 5.39 Å². The number of hydrogen-bond donors (Lipinski definition) is 1. The van der Waals surface area contributed by atoms with Gasteiger partial charge in [0, 0.05) is 12.4 Å². The maximum absolute atomic E-state index is 12.3. The molecule has 0 spiro atoms. The van der Waals surface area contributed by atoms with Crippen molar-refractivity contribution in [2.45, 2.75) is 0 Å². The number of aromatic nitrogens is 1. The molecule has 1 amide bonds. The van der Waals surface area contributed by atoms with Gasteiger partial charge in [-0.1, -0.05) is 41.9 Å². The normalized spacial score (nSPS) is 12.0. The number of sulfonamides is 1. The van der Waals surface area contributed by atoms with Crippen LogP contribution in [0.4, 0.5) is 11.4 Å². The molecule has 0 fully saturated rings. The van der Waals surface area contributed by atoms with Gasteiger partial charge in [-0.25, -0.2) is 8.42 Å². The Bertz CT molecular complexity index is 1190. The summed E-state index contributed by atoms with van der Waals surface area (Å²) in [6.45, 7) is -0.572. The summed E-state index contributed by atoms with van der Waals surface area (Å²) in [6, 6.07) is 13.4. The first kappa shape index (κ1) is 19.8. The molecule has 0 atom stereocenters. The summed E-state index contributed by atoms with van der Waals surface area (Å²) in [6.07, 6.45) is 0.970. The number of hydrogen-bond acceptors (Lipinski definition) is 5. The van der Waals surface area contributed by atoms with Crippen LogP contribution in [-0.4, -0.2) is 36.8 Å². The molecule has 0 saturated carbocycles. The van der Waals surface area contributed by atoms with Gasteiger partial charge >= 0.3 is 0 Å². The van der Waals surface area contributed by atoms with Gasteiger partial charge in [0.2, 0.25) is 15.9 Å². The van der Waals surface area contributed by atoms with Crippen molar-refractivity contribution in [3.63, 3.8) is 0 Å². The molecule has 0 bridgehead atoms. The number of anilines is 1. The smallest absolute Gasteiger partial charge is 0.285 e. The number of aromatic hydroxyl groups is 1. The lowest BCUT2D eigenvalue weighted by molar-refractivity contribution is -0.116. The molecule has 1 heterocycles. The average Bonchev–Trinajstić information content (AvgIpc) is 2.89. The number of benzene rings is 2. The quantitative estimate of drug-likeness (QED) is 0.636. The van der Waals surface area contributed by atoms with Gasteiger partial charge in [-0.05, 0) is 18.2 Å². The Morgan fingerprint density at radius 1 is 1.18 bits per heavy atom. The number of fused-ring (bicyclic) bond motifs is 1. The highest BCUT2D eigenvalue weighted by Gasteiger charge is 2.23. The number of halogens is 1. The summed E-state index contributed by atoms with van der Waals surface area (Å²) in [5, 5.41) is 18.5. The first-order valence-corrected chi connectivity index (χ1v) is 10.4. The summed E-state index contributed by atoms with van der Waals surface area (Å²) in [5.74, 6) is -0.957. The summed E-state index contributed by atoms with van der Waals surface area (Å²) in [5.41, 5.74) is 1.02. The number of nitrogens with zero attached hydrogens (tertiary/aromatic N) is 4. The minimum absolute atomic E-state index is 0.134. The molecule has 3 rings (SSSR count). The lowest BCUT2D eigenvalue weighted by atomic mass is 10.2. The van der Waals surface area contributed by atoms with Gasteiger partial charge in [-0.15, -0.1) is 10.2 Å². The third-order valence-electron chi connectivity index (χ3n) is 4.11. The Balaban J connectivity index is 1.91. The number of azo groups is 1. The Morgan fingerprint density at radius 2 is 1.82 bits per heavy atom. The van der Waals surface area contributed by atoms with Crippen LogP contribution in [-0.2, 0) is 21.9 Å². The van der Waals surface area contributed by atoms with Gasteiger partial charge in [0.25, 0.3) is 5.91 Å². The van der Waals surface area contributed by atoms with Gasteiger partial charge in [0.05, 0.1) is 22.5 Å². The largest absolute Gasteiger partial charge is 0.493 e. The van der Waals surface area contributed by atoms with E-state index >= 15 is 0 Å². The van der Waals surface area contributed by atoms with Crippen molar-refractivity contribution in [1.82, 2.24) is 4.57 Å². The van der Waals surface area contributed by atoms with Crippen LogP contribution in [0.5, 0.6) is 5.88 Å². The molecule has 3 aromatic rings. The molecule has 2 aromatic carbocycles. The molecule has 0 unspecified atom stereocenters. The zero-order valence-electron chi connectivity index (χ0n) is 15.1. The van der Waals surface area contributed by atoms with Gasteiger partial charge in [0.1, 0.15) is 6.54 Å². The van der Waals surface area contributed by atoms with Crippen LogP contribution in [0.25, 0.3) is 10.9 Å². The molecular weight excluding hydrogens is 404 g/mol. The van der Waals surface area contributed by atoms with Crippen LogP contribution in [0, 0.1) is 0 Å². The molecule has 0 aliphatic rings. The van der Waals surface area contributed by atoms with Crippen molar-refractivity contribution in [3.8, 4) is 5.88 Å². The van der Waals surface area contributed by atoms with E-state index in [1.165, 1.54) is 16.7 Å². The predicted octanol–water partition coefficient (Wildman–Crippen LogP) is 3.61. The van der Waals surface area contributed by atoms with Crippen molar-refractivity contribution >= 4 is 49.8 Å². The van der Waals surface area contributed by atoms with E-state index in [4.69, 9.17) is 11.6 Å². The number of amides is 1. The van der Waals surface area contributed by atoms with Gasteiger partial charge in [-0.3, -0.25) is 9.10 Å². The molecule has 1 N–H and O–H groups in total. The molecule has 28 heavy (non-hydrogen) atoms. The van der Waals surface area contributed by atoms with Gasteiger partial charge < -0.3 is 9.67 Å². The Hall–Kier alpha value is -2.91. The number of para-hydroxylation sites is 2. The second-order valence-corrected chi connectivity index (χ2v) is 8.38. The summed E-state index contributed by atoms with van der Waals surface area (Å²) in [7, 11) is -2.13. The van der Waals surface area contributed by atoms with E-state index < -0.39 is 22.5 Å². The summed E-state index contributed by atoms with van der Waals surface area (Å²) >= 11 is 6.06. The minimum atomic E-state index is -3.78. The first-order chi connectivity index (χ1) is 13.2. The van der Waals surface area contributed by atoms with E-state index in [9.17, 15) is 18.3 Å². The van der Waals surface area contributed by atoms with Crippen molar-refractivity contribution in [2.24, 2.45) is 17.3 Å². The number of aryl methyl sites for hydroxylation is 1. The topological polar surface area (TPSA) is 104 Å². The zero-order chi connectivity index (χ0) is 20.5. The third kappa shape index (κ3) is 3.85. The highest BCUT2D eigenvalue weighted by atomic mass is 35.5. The molecule has 146 valence electrons.